The summed E-state index contributed by atoms with van der Waals surface area (Å²) in [7, 11) is 0. The summed E-state index contributed by atoms with van der Waals surface area (Å²) >= 11 is 0. The summed E-state index contributed by atoms with van der Waals surface area (Å²) in [6, 6.07) is 0.157. The summed E-state index contributed by atoms with van der Waals surface area (Å²) in [5.41, 5.74) is 0. The van der Waals surface area contributed by atoms with Gasteiger partial charge in [-0.05, 0) is 44.9 Å². The van der Waals surface area contributed by atoms with Crippen molar-refractivity contribution in [3.8, 4) is 0 Å². The molecule has 1 amide bonds. The average Bonchev–Trinajstić information content (AvgIpc) is 2.81. The minimum Gasteiger partial charge on any atom is -0.481 e. The Bertz CT molecular complexity index is 323. The number of rotatable bonds is 3. The van der Waals surface area contributed by atoms with Crippen LogP contribution in [0.5, 0.6) is 0 Å². The zero-order chi connectivity index (χ0) is 13.1. The molecule has 2 aliphatic rings. The standard InChI is InChI=1S/C13H21NO4/c15-11-5-3-10(4-6-11)14-12(16)8-1-2-9(7-8)13(17)18/h8-11,15H,1-7H2,(H,14,16)(H,17,18). The normalized spacial score (nSPS) is 36.3. The molecule has 0 bridgehead atoms. The van der Waals surface area contributed by atoms with E-state index in [0.29, 0.717) is 19.3 Å². The van der Waals surface area contributed by atoms with Gasteiger partial charge < -0.3 is 15.5 Å². The van der Waals surface area contributed by atoms with E-state index < -0.39 is 5.97 Å². The van der Waals surface area contributed by atoms with Crippen LogP contribution in [0.2, 0.25) is 0 Å². The minimum absolute atomic E-state index is 0.000129. The highest BCUT2D eigenvalue weighted by atomic mass is 16.4. The molecule has 2 unspecified atom stereocenters. The molecule has 2 atom stereocenters. The lowest BCUT2D eigenvalue weighted by atomic mass is 9.92. The van der Waals surface area contributed by atoms with Gasteiger partial charge in [-0.25, -0.2) is 0 Å². The number of carboxylic acids is 1. The fourth-order valence-electron chi connectivity index (χ4n) is 2.98. The zero-order valence-electron chi connectivity index (χ0n) is 10.5. The Balaban J connectivity index is 1.77. The third-order valence-corrected chi connectivity index (χ3v) is 4.20. The van der Waals surface area contributed by atoms with Crippen molar-refractivity contribution in [1.29, 1.82) is 0 Å². The first-order valence-corrected chi connectivity index (χ1v) is 6.77. The van der Waals surface area contributed by atoms with E-state index in [1.54, 1.807) is 0 Å². The van der Waals surface area contributed by atoms with Crippen molar-refractivity contribution >= 4 is 11.9 Å². The van der Waals surface area contributed by atoms with Crippen molar-refractivity contribution in [2.75, 3.05) is 0 Å². The van der Waals surface area contributed by atoms with Gasteiger partial charge in [0.2, 0.25) is 5.91 Å². The molecule has 2 saturated carbocycles. The van der Waals surface area contributed by atoms with Crippen molar-refractivity contribution < 1.29 is 19.8 Å². The van der Waals surface area contributed by atoms with E-state index in [1.807, 2.05) is 0 Å². The van der Waals surface area contributed by atoms with E-state index in [0.717, 1.165) is 25.7 Å². The molecule has 102 valence electrons. The van der Waals surface area contributed by atoms with Crippen LogP contribution in [0.25, 0.3) is 0 Å². The molecule has 2 rings (SSSR count). The Morgan fingerprint density at radius 1 is 0.944 bits per heavy atom. The Kier molecular flexibility index (Phi) is 4.22. The molecule has 0 aliphatic heterocycles. The SMILES string of the molecule is O=C(O)C1CCC(C(=O)NC2CCC(O)CC2)C1. The van der Waals surface area contributed by atoms with E-state index in [4.69, 9.17) is 5.11 Å². The number of hydrogen-bond acceptors (Lipinski definition) is 3. The number of aliphatic hydroxyl groups excluding tert-OH is 1. The number of carboxylic acid groups (broad SMARTS) is 1. The fraction of sp³-hybridized carbons (Fsp3) is 0.846. The first-order chi connectivity index (χ1) is 8.56. The van der Waals surface area contributed by atoms with Crippen LogP contribution in [0, 0.1) is 11.8 Å². The Morgan fingerprint density at radius 2 is 1.56 bits per heavy atom. The third-order valence-electron chi connectivity index (χ3n) is 4.20. The molecule has 0 heterocycles. The lowest BCUT2D eigenvalue weighted by molar-refractivity contribution is -0.141. The number of amides is 1. The second kappa shape index (κ2) is 5.69. The highest BCUT2D eigenvalue weighted by Crippen LogP contribution is 2.31. The van der Waals surface area contributed by atoms with E-state index >= 15 is 0 Å². The van der Waals surface area contributed by atoms with Crippen LogP contribution < -0.4 is 5.32 Å². The van der Waals surface area contributed by atoms with Crippen molar-refractivity contribution in [2.45, 2.75) is 57.1 Å². The van der Waals surface area contributed by atoms with E-state index in [9.17, 15) is 14.7 Å². The summed E-state index contributed by atoms with van der Waals surface area (Å²) in [5, 5.41) is 21.3. The first kappa shape index (κ1) is 13.3. The van der Waals surface area contributed by atoms with Crippen LogP contribution >= 0.6 is 0 Å². The molecule has 0 radical (unpaired) electrons. The van der Waals surface area contributed by atoms with Crippen LogP contribution in [0.15, 0.2) is 0 Å². The lowest BCUT2D eigenvalue weighted by Crippen LogP contribution is -2.41. The monoisotopic (exact) mass is 255 g/mol. The van der Waals surface area contributed by atoms with Gasteiger partial charge in [-0.3, -0.25) is 9.59 Å². The maximum atomic E-state index is 12.0. The molecular weight excluding hydrogens is 234 g/mol. The van der Waals surface area contributed by atoms with Gasteiger partial charge in [0.15, 0.2) is 0 Å². The quantitative estimate of drug-likeness (QED) is 0.699. The van der Waals surface area contributed by atoms with Crippen LogP contribution in [-0.2, 0) is 9.59 Å². The van der Waals surface area contributed by atoms with Gasteiger partial charge in [0.05, 0.1) is 12.0 Å². The molecule has 5 nitrogen and oxygen atoms in total. The summed E-state index contributed by atoms with van der Waals surface area (Å²) < 4.78 is 0. The Morgan fingerprint density at radius 3 is 2.11 bits per heavy atom. The predicted molar refractivity (Wildman–Crippen MR) is 64.9 cm³/mol. The summed E-state index contributed by atoms with van der Waals surface area (Å²) in [6.45, 7) is 0. The second-order valence-corrected chi connectivity index (χ2v) is 5.56. The third kappa shape index (κ3) is 3.22. The fourth-order valence-corrected chi connectivity index (χ4v) is 2.98. The largest absolute Gasteiger partial charge is 0.481 e. The van der Waals surface area contributed by atoms with Crippen molar-refractivity contribution in [3.63, 3.8) is 0 Å². The molecule has 2 fully saturated rings. The molecule has 5 heteroatoms. The highest BCUT2D eigenvalue weighted by Gasteiger charge is 2.34. The highest BCUT2D eigenvalue weighted by molar-refractivity contribution is 5.81. The van der Waals surface area contributed by atoms with Crippen molar-refractivity contribution in [1.82, 2.24) is 5.32 Å². The molecule has 3 N–H and O–H groups in total. The van der Waals surface area contributed by atoms with Gasteiger partial charge in [-0.1, -0.05) is 0 Å². The van der Waals surface area contributed by atoms with E-state index in [-0.39, 0.29) is 29.9 Å². The van der Waals surface area contributed by atoms with Gasteiger partial charge in [0, 0.05) is 12.0 Å². The van der Waals surface area contributed by atoms with Gasteiger partial charge in [-0.2, -0.15) is 0 Å². The molecule has 0 spiro atoms. The van der Waals surface area contributed by atoms with Crippen LogP contribution in [-0.4, -0.2) is 34.2 Å². The van der Waals surface area contributed by atoms with Gasteiger partial charge >= 0.3 is 5.97 Å². The summed E-state index contributed by atoms with van der Waals surface area (Å²) in [5.74, 6) is -1.28. The molecule has 2 aliphatic carbocycles. The first-order valence-electron chi connectivity index (χ1n) is 6.77. The van der Waals surface area contributed by atoms with Gasteiger partial charge in [-0.15, -0.1) is 0 Å². The zero-order valence-corrected chi connectivity index (χ0v) is 10.5. The average molecular weight is 255 g/mol. The maximum absolute atomic E-state index is 12.0. The summed E-state index contributed by atoms with van der Waals surface area (Å²) in [4.78, 5) is 22.8. The van der Waals surface area contributed by atoms with Crippen LogP contribution in [0.1, 0.15) is 44.9 Å². The van der Waals surface area contributed by atoms with Crippen molar-refractivity contribution in [2.24, 2.45) is 11.8 Å². The number of aliphatic hydroxyl groups is 1. The number of aliphatic carboxylic acids is 1. The smallest absolute Gasteiger partial charge is 0.306 e. The Labute approximate surface area is 107 Å². The topological polar surface area (TPSA) is 86.6 Å². The summed E-state index contributed by atoms with van der Waals surface area (Å²) in [6.07, 6.45) is 4.66. The van der Waals surface area contributed by atoms with Crippen molar-refractivity contribution in [3.05, 3.63) is 0 Å². The Hall–Kier alpha value is -1.10. The second-order valence-electron chi connectivity index (χ2n) is 5.56. The number of carbonyl (C=O) groups is 2. The van der Waals surface area contributed by atoms with Gasteiger partial charge in [0.25, 0.3) is 0 Å². The minimum atomic E-state index is -0.786. The number of nitrogens with one attached hydrogen (secondary N) is 1. The number of hydrogen-bond donors (Lipinski definition) is 3. The van der Waals surface area contributed by atoms with E-state index in [2.05, 4.69) is 5.32 Å². The molecule has 0 saturated heterocycles. The number of carbonyl (C=O) groups excluding carboxylic acids is 1. The van der Waals surface area contributed by atoms with Crippen LogP contribution in [0.3, 0.4) is 0 Å². The van der Waals surface area contributed by atoms with Crippen LogP contribution in [0.4, 0.5) is 0 Å². The molecular formula is C13H21NO4. The predicted octanol–water partition coefficient (Wildman–Crippen LogP) is 0.907. The molecule has 18 heavy (non-hydrogen) atoms. The molecule has 0 aromatic heterocycles. The lowest BCUT2D eigenvalue weighted by Gasteiger charge is -2.27. The molecule has 0 aromatic rings. The van der Waals surface area contributed by atoms with E-state index in [1.165, 1.54) is 0 Å². The molecule has 0 aromatic carbocycles. The van der Waals surface area contributed by atoms with Gasteiger partial charge in [0.1, 0.15) is 0 Å². The maximum Gasteiger partial charge on any atom is 0.306 e.